The molecule has 1 aliphatic rings. The number of halogens is 2. The maximum Gasteiger partial charge on any atom is 0.129 e. The number of hydrogen-bond donors (Lipinski definition) is 0. The van der Waals surface area contributed by atoms with E-state index in [9.17, 15) is 4.21 Å². The molecule has 1 saturated heterocycles. The predicted molar refractivity (Wildman–Crippen MR) is 67.4 cm³/mol. The third-order valence-electron chi connectivity index (χ3n) is 2.53. The van der Waals surface area contributed by atoms with Crippen molar-refractivity contribution in [1.29, 1.82) is 0 Å². The fourth-order valence-corrected chi connectivity index (χ4v) is 3.07. The van der Waals surface area contributed by atoms with Crippen molar-refractivity contribution in [1.82, 2.24) is 9.88 Å². The Morgan fingerprint density at radius 1 is 1.31 bits per heavy atom. The van der Waals surface area contributed by atoms with Crippen LogP contribution in [0.2, 0.25) is 10.2 Å². The lowest BCUT2D eigenvalue weighted by atomic mass is 10.3. The normalized spacial score (nSPS) is 18.9. The van der Waals surface area contributed by atoms with Gasteiger partial charge in [0.15, 0.2) is 0 Å². The zero-order chi connectivity index (χ0) is 11.5. The van der Waals surface area contributed by atoms with Crippen LogP contribution in [-0.4, -0.2) is 38.7 Å². The quantitative estimate of drug-likeness (QED) is 0.776. The highest BCUT2D eigenvalue weighted by molar-refractivity contribution is 7.85. The van der Waals surface area contributed by atoms with Gasteiger partial charge in [-0.25, -0.2) is 4.98 Å². The van der Waals surface area contributed by atoms with Crippen molar-refractivity contribution >= 4 is 34.0 Å². The summed E-state index contributed by atoms with van der Waals surface area (Å²) >= 11 is 11.9. The van der Waals surface area contributed by atoms with Gasteiger partial charge in [-0.05, 0) is 12.1 Å². The Kier molecular flexibility index (Phi) is 4.19. The fraction of sp³-hybridized carbons (Fsp3) is 0.500. The van der Waals surface area contributed by atoms with Gasteiger partial charge in [0.25, 0.3) is 0 Å². The minimum Gasteiger partial charge on any atom is -0.296 e. The fourth-order valence-electron chi connectivity index (χ4n) is 1.61. The molecule has 0 aliphatic carbocycles. The standard InChI is InChI=1S/C10H12Cl2N2OS/c11-8-1-2-10(12)13-9(8)7-14-3-5-16(15)6-4-14/h1-2H,3-7H2. The lowest BCUT2D eigenvalue weighted by Gasteiger charge is -2.25. The van der Waals surface area contributed by atoms with Gasteiger partial charge in [-0.1, -0.05) is 23.2 Å². The molecule has 3 nitrogen and oxygen atoms in total. The van der Waals surface area contributed by atoms with Crippen LogP contribution in [0.5, 0.6) is 0 Å². The van der Waals surface area contributed by atoms with E-state index in [4.69, 9.17) is 23.2 Å². The highest BCUT2D eigenvalue weighted by atomic mass is 35.5. The Bertz CT molecular complexity index is 404. The second-order valence-corrected chi connectivity index (χ2v) is 6.18. The van der Waals surface area contributed by atoms with Crippen LogP contribution in [0, 0.1) is 0 Å². The summed E-state index contributed by atoms with van der Waals surface area (Å²) in [6.07, 6.45) is 0. The van der Waals surface area contributed by atoms with Crippen LogP contribution in [0.15, 0.2) is 12.1 Å². The molecule has 6 heteroatoms. The number of pyridine rings is 1. The van der Waals surface area contributed by atoms with Gasteiger partial charge in [0, 0.05) is 41.9 Å². The first-order valence-corrected chi connectivity index (χ1v) is 7.28. The third-order valence-corrected chi connectivity index (χ3v) is 4.36. The molecule has 0 atom stereocenters. The topological polar surface area (TPSA) is 33.2 Å². The Balaban J connectivity index is 2.03. The predicted octanol–water partition coefficient (Wildman–Crippen LogP) is 1.95. The highest BCUT2D eigenvalue weighted by Crippen LogP contribution is 2.19. The van der Waals surface area contributed by atoms with Crippen LogP contribution in [-0.2, 0) is 17.3 Å². The first-order valence-electron chi connectivity index (χ1n) is 5.03. The van der Waals surface area contributed by atoms with Gasteiger partial charge in [-0.3, -0.25) is 9.11 Å². The molecule has 16 heavy (non-hydrogen) atoms. The second kappa shape index (κ2) is 5.45. The summed E-state index contributed by atoms with van der Waals surface area (Å²) in [6, 6.07) is 3.44. The smallest absolute Gasteiger partial charge is 0.129 e. The third kappa shape index (κ3) is 3.17. The van der Waals surface area contributed by atoms with E-state index in [0.717, 1.165) is 30.3 Å². The molecule has 0 bridgehead atoms. The molecule has 2 heterocycles. The van der Waals surface area contributed by atoms with Gasteiger partial charge in [-0.2, -0.15) is 0 Å². The largest absolute Gasteiger partial charge is 0.296 e. The van der Waals surface area contributed by atoms with Crippen LogP contribution in [0.25, 0.3) is 0 Å². The van der Waals surface area contributed by atoms with E-state index in [2.05, 4.69) is 9.88 Å². The molecule has 0 radical (unpaired) electrons. The summed E-state index contributed by atoms with van der Waals surface area (Å²) in [7, 11) is -0.650. The summed E-state index contributed by atoms with van der Waals surface area (Å²) in [5.74, 6) is 1.47. The van der Waals surface area contributed by atoms with Crippen LogP contribution in [0.1, 0.15) is 5.69 Å². The van der Waals surface area contributed by atoms with Gasteiger partial charge in [0.1, 0.15) is 5.15 Å². The van der Waals surface area contributed by atoms with E-state index in [1.807, 2.05) is 0 Å². The summed E-state index contributed by atoms with van der Waals surface area (Å²) in [6.45, 7) is 2.34. The average Bonchev–Trinajstić information content (AvgIpc) is 2.27. The lowest BCUT2D eigenvalue weighted by Crippen LogP contribution is -2.37. The Morgan fingerprint density at radius 2 is 2.00 bits per heavy atom. The molecule has 0 spiro atoms. The van der Waals surface area contributed by atoms with Gasteiger partial charge in [0.2, 0.25) is 0 Å². The molecule has 1 aromatic rings. The second-order valence-electron chi connectivity index (χ2n) is 3.69. The maximum atomic E-state index is 11.2. The maximum absolute atomic E-state index is 11.2. The minimum atomic E-state index is -0.650. The van der Waals surface area contributed by atoms with Crippen molar-refractivity contribution in [2.75, 3.05) is 24.6 Å². The summed E-state index contributed by atoms with van der Waals surface area (Å²) in [5.41, 5.74) is 0.793. The molecule has 1 fully saturated rings. The van der Waals surface area contributed by atoms with Crippen molar-refractivity contribution in [3.05, 3.63) is 28.0 Å². The van der Waals surface area contributed by atoms with Crippen LogP contribution >= 0.6 is 23.2 Å². The van der Waals surface area contributed by atoms with E-state index in [-0.39, 0.29) is 0 Å². The summed E-state index contributed by atoms with van der Waals surface area (Å²) in [4.78, 5) is 6.40. The molecule has 0 aromatic carbocycles. The lowest BCUT2D eigenvalue weighted by molar-refractivity contribution is 0.288. The van der Waals surface area contributed by atoms with Crippen molar-refractivity contribution < 1.29 is 4.21 Å². The van der Waals surface area contributed by atoms with Crippen LogP contribution < -0.4 is 0 Å². The van der Waals surface area contributed by atoms with Crippen molar-refractivity contribution in [3.8, 4) is 0 Å². The Labute approximate surface area is 107 Å². The molecule has 0 amide bonds. The molecule has 1 aromatic heterocycles. The van der Waals surface area contributed by atoms with Crippen LogP contribution in [0.3, 0.4) is 0 Å². The van der Waals surface area contributed by atoms with E-state index >= 15 is 0 Å². The highest BCUT2D eigenvalue weighted by Gasteiger charge is 2.16. The average molecular weight is 279 g/mol. The van der Waals surface area contributed by atoms with Gasteiger partial charge in [-0.15, -0.1) is 0 Å². The molecule has 0 saturated carbocycles. The van der Waals surface area contributed by atoms with E-state index < -0.39 is 10.8 Å². The van der Waals surface area contributed by atoms with Crippen LogP contribution in [0.4, 0.5) is 0 Å². The molecule has 1 aliphatic heterocycles. The zero-order valence-corrected chi connectivity index (χ0v) is 11.0. The molecular weight excluding hydrogens is 267 g/mol. The number of hydrogen-bond acceptors (Lipinski definition) is 3. The van der Waals surface area contributed by atoms with Gasteiger partial charge >= 0.3 is 0 Å². The molecular formula is C10H12Cl2N2OS. The van der Waals surface area contributed by atoms with Gasteiger partial charge in [0.05, 0.1) is 10.7 Å². The molecule has 0 N–H and O–H groups in total. The van der Waals surface area contributed by atoms with E-state index in [1.165, 1.54) is 0 Å². The Morgan fingerprint density at radius 3 is 2.69 bits per heavy atom. The monoisotopic (exact) mass is 278 g/mol. The minimum absolute atomic E-state index is 0.458. The number of aromatic nitrogens is 1. The number of rotatable bonds is 2. The Hall–Kier alpha value is -0.160. The molecule has 88 valence electrons. The first-order chi connectivity index (χ1) is 7.65. The van der Waals surface area contributed by atoms with Gasteiger partial charge < -0.3 is 0 Å². The SMILES string of the molecule is O=S1CCN(Cc2nc(Cl)ccc2Cl)CC1. The van der Waals surface area contributed by atoms with E-state index in [1.54, 1.807) is 12.1 Å². The summed E-state index contributed by atoms with van der Waals surface area (Å²) < 4.78 is 11.2. The van der Waals surface area contributed by atoms with Crippen molar-refractivity contribution in [2.45, 2.75) is 6.54 Å². The molecule has 2 rings (SSSR count). The van der Waals surface area contributed by atoms with Crippen molar-refractivity contribution in [2.24, 2.45) is 0 Å². The molecule has 0 unspecified atom stereocenters. The van der Waals surface area contributed by atoms with Crippen molar-refractivity contribution in [3.63, 3.8) is 0 Å². The zero-order valence-electron chi connectivity index (χ0n) is 8.66. The summed E-state index contributed by atoms with van der Waals surface area (Å²) in [5, 5.41) is 1.09. The number of nitrogens with zero attached hydrogens (tertiary/aromatic N) is 2. The first kappa shape index (κ1) is 12.3. The van der Waals surface area contributed by atoms with E-state index in [0.29, 0.717) is 16.7 Å².